The van der Waals surface area contributed by atoms with Crippen LogP contribution in [0.25, 0.3) is 0 Å². The van der Waals surface area contributed by atoms with Gasteiger partial charge in [0.15, 0.2) is 0 Å². The first-order chi connectivity index (χ1) is 6.43. The Hall–Kier alpha value is -0.970. The molecule has 13 heavy (non-hydrogen) atoms. The van der Waals surface area contributed by atoms with E-state index < -0.39 is 0 Å². The average molecular weight is 178 g/mol. The number of amidine groups is 1. The van der Waals surface area contributed by atoms with E-state index >= 15 is 0 Å². The maximum Gasteiger partial charge on any atom is 0.0963 e. The van der Waals surface area contributed by atoms with Gasteiger partial charge in [-0.25, -0.2) is 0 Å². The largest absolute Gasteiger partial charge is 0.373 e. The maximum atomic E-state index is 4.48. The fourth-order valence-corrected chi connectivity index (χ4v) is 1.41. The molecule has 0 aromatic rings. The van der Waals surface area contributed by atoms with Crippen LogP contribution >= 0.6 is 0 Å². The van der Waals surface area contributed by atoms with Crippen LogP contribution in [0.4, 0.5) is 0 Å². The summed E-state index contributed by atoms with van der Waals surface area (Å²) in [5.74, 6) is 7.11. The lowest BCUT2D eigenvalue weighted by atomic mass is 10.2. The van der Waals surface area contributed by atoms with Gasteiger partial charge in [-0.3, -0.25) is 4.99 Å². The van der Waals surface area contributed by atoms with E-state index in [4.69, 9.17) is 0 Å². The second-order valence-electron chi connectivity index (χ2n) is 3.24. The summed E-state index contributed by atoms with van der Waals surface area (Å²) in [6.07, 6.45) is 5.91. The van der Waals surface area contributed by atoms with Gasteiger partial charge in [-0.05, 0) is 19.8 Å². The van der Waals surface area contributed by atoms with E-state index in [2.05, 4.69) is 22.2 Å². The monoisotopic (exact) mass is 178 g/mol. The molecule has 0 aliphatic carbocycles. The Morgan fingerprint density at radius 2 is 2.31 bits per heavy atom. The molecule has 2 heteroatoms. The minimum atomic E-state index is 0.926. The van der Waals surface area contributed by atoms with E-state index in [9.17, 15) is 0 Å². The number of rotatable bonds is 2. The van der Waals surface area contributed by atoms with Gasteiger partial charge in [0, 0.05) is 25.9 Å². The predicted molar refractivity (Wildman–Crippen MR) is 56.8 cm³/mol. The first kappa shape index (κ1) is 10.1. The fourth-order valence-electron chi connectivity index (χ4n) is 1.41. The van der Waals surface area contributed by atoms with Crippen molar-refractivity contribution >= 4 is 5.84 Å². The van der Waals surface area contributed by atoms with Gasteiger partial charge in [0.25, 0.3) is 0 Å². The van der Waals surface area contributed by atoms with Crippen LogP contribution < -0.4 is 5.32 Å². The van der Waals surface area contributed by atoms with Crippen molar-refractivity contribution in [1.82, 2.24) is 5.32 Å². The molecular formula is C11H18N2. The normalized spacial score (nSPS) is 16.5. The molecule has 0 atom stereocenters. The molecule has 0 radical (unpaired) electrons. The summed E-state index contributed by atoms with van der Waals surface area (Å²) < 4.78 is 0. The molecule has 0 bridgehead atoms. The van der Waals surface area contributed by atoms with Crippen molar-refractivity contribution in [2.24, 2.45) is 4.99 Å². The first-order valence-corrected chi connectivity index (χ1v) is 5.10. The Labute approximate surface area is 80.8 Å². The fraction of sp³-hybridized carbons (Fsp3) is 0.727. The third-order valence-electron chi connectivity index (χ3n) is 2.13. The minimum absolute atomic E-state index is 0.926. The van der Waals surface area contributed by atoms with Gasteiger partial charge in [0.2, 0.25) is 0 Å². The highest BCUT2D eigenvalue weighted by Gasteiger charge is 2.01. The van der Waals surface area contributed by atoms with Crippen LogP contribution in [0.15, 0.2) is 4.99 Å². The summed E-state index contributed by atoms with van der Waals surface area (Å²) in [6, 6.07) is 0. The summed E-state index contributed by atoms with van der Waals surface area (Å²) >= 11 is 0. The zero-order valence-electron chi connectivity index (χ0n) is 8.40. The van der Waals surface area contributed by atoms with E-state index in [1.807, 2.05) is 6.92 Å². The number of nitrogens with zero attached hydrogens (tertiary/aromatic N) is 1. The van der Waals surface area contributed by atoms with Crippen molar-refractivity contribution in [1.29, 1.82) is 0 Å². The van der Waals surface area contributed by atoms with E-state index in [-0.39, 0.29) is 0 Å². The highest BCUT2D eigenvalue weighted by molar-refractivity contribution is 5.82. The molecular weight excluding hydrogens is 160 g/mol. The van der Waals surface area contributed by atoms with E-state index in [1.165, 1.54) is 25.1 Å². The molecule has 0 saturated heterocycles. The quantitative estimate of drug-likeness (QED) is 0.507. The number of hydrogen-bond donors (Lipinski definition) is 1. The summed E-state index contributed by atoms with van der Waals surface area (Å²) in [5.41, 5.74) is 0. The van der Waals surface area contributed by atoms with Gasteiger partial charge in [-0.1, -0.05) is 6.42 Å². The molecule has 72 valence electrons. The van der Waals surface area contributed by atoms with Crippen LogP contribution in [-0.2, 0) is 0 Å². The molecule has 0 unspecified atom stereocenters. The van der Waals surface area contributed by atoms with Crippen LogP contribution in [0.5, 0.6) is 0 Å². The molecule has 1 heterocycles. The summed E-state index contributed by atoms with van der Waals surface area (Å²) in [4.78, 5) is 4.48. The Morgan fingerprint density at radius 1 is 1.38 bits per heavy atom. The third kappa shape index (κ3) is 4.57. The minimum Gasteiger partial charge on any atom is -0.373 e. The molecule has 0 amide bonds. The molecule has 1 N–H and O–H groups in total. The van der Waals surface area contributed by atoms with E-state index in [0.29, 0.717) is 0 Å². The highest BCUT2D eigenvalue weighted by atomic mass is 15.0. The second-order valence-corrected chi connectivity index (χ2v) is 3.24. The number of aliphatic imine (C=N–C) groups is 1. The zero-order chi connectivity index (χ0) is 9.36. The molecule has 0 fully saturated rings. The van der Waals surface area contributed by atoms with Crippen molar-refractivity contribution in [2.45, 2.75) is 39.0 Å². The van der Waals surface area contributed by atoms with Crippen LogP contribution in [0.3, 0.4) is 0 Å². The van der Waals surface area contributed by atoms with Crippen LogP contribution in [0.2, 0.25) is 0 Å². The first-order valence-electron chi connectivity index (χ1n) is 5.10. The smallest absolute Gasteiger partial charge is 0.0963 e. The Balaban J connectivity index is 2.17. The van der Waals surface area contributed by atoms with Gasteiger partial charge in [0.1, 0.15) is 0 Å². The molecule has 1 rings (SSSR count). The summed E-state index contributed by atoms with van der Waals surface area (Å²) in [5, 5.41) is 3.34. The van der Waals surface area contributed by atoms with Crippen molar-refractivity contribution in [3.63, 3.8) is 0 Å². The lowest BCUT2D eigenvalue weighted by Gasteiger charge is -2.05. The highest BCUT2D eigenvalue weighted by Crippen LogP contribution is 2.05. The Morgan fingerprint density at radius 3 is 3.15 bits per heavy atom. The third-order valence-corrected chi connectivity index (χ3v) is 2.13. The van der Waals surface area contributed by atoms with E-state index in [1.54, 1.807) is 0 Å². The predicted octanol–water partition coefficient (Wildman–Crippen LogP) is 1.96. The van der Waals surface area contributed by atoms with Crippen molar-refractivity contribution < 1.29 is 0 Å². The Kier molecular flexibility index (Phi) is 5.08. The number of nitrogens with one attached hydrogen (secondary N) is 1. The van der Waals surface area contributed by atoms with Gasteiger partial charge in [-0.15, -0.1) is 11.8 Å². The average Bonchev–Trinajstić information content (AvgIpc) is 2.41. The van der Waals surface area contributed by atoms with Crippen molar-refractivity contribution in [3.05, 3.63) is 0 Å². The molecule has 1 aliphatic heterocycles. The zero-order valence-corrected chi connectivity index (χ0v) is 8.40. The summed E-state index contributed by atoms with van der Waals surface area (Å²) in [6.45, 7) is 3.82. The molecule has 2 nitrogen and oxygen atoms in total. The van der Waals surface area contributed by atoms with Crippen molar-refractivity contribution in [3.8, 4) is 11.8 Å². The van der Waals surface area contributed by atoms with Gasteiger partial charge < -0.3 is 5.32 Å². The molecule has 0 aromatic carbocycles. The molecule has 0 spiro atoms. The topological polar surface area (TPSA) is 24.4 Å². The standard InChI is InChI=1S/C11H18N2/c1-2-3-6-9-12-11-8-5-4-7-10-13-11/h4-10H2,1H3,(H,12,13). The number of hydrogen-bond acceptors (Lipinski definition) is 2. The maximum absolute atomic E-state index is 4.48. The van der Waals surface area contributed by atoms with Gasteiger partial charge in [-0.2, -0.15) is 0 Å². The van der Waals surface area contributed by atoms with Crippen LogP contribution in [-0.4, -0.2) is 18.9 Å². The van der Waals surface area contributed by atoms with Crippen LogP contribution in [0, 0.1) is 11.8 Å². The molecule has 0 aromatic heterocycles. The lowest BCUT2D eigenvalue weighted by Crippen LogP contribution is -2.24. The van der Waals surface area contributed by atoms with Crippen molar-refractivity contribution in [2.75, 3.05) is 13.1 Å². The molecule has 0 saturated carbocycles. The van der Waals surface area contributed by atoms with E-state index in [0.717, 1.165) is 25.9 Å². The SMILES string of the molecule is CC#CCCNC1=NCCCCC1. The van der Waals surface area contributed by atoms with Gasteiger partial charge in [0.05, 0.1) is 5.84 Å². The second kappa shape index (κ2) is 6.54. The Bertz CT molecular complexity index is 220. The van der Waals surface area contributed by atoms with Gasteiger partial charge >= 0.3 is 0 Å². The molecule has 1 aliphatic rings. The summed E-state index contributed by atoms with van der Waals surface area (Å²) in [7, 11) is 0. The van der Waals surface area contributed by atoms with Crippen LogP contribution in [0.1, 0.15) is 39.0 Å². The lowest BCUT2D eigenvalue weighted by molar-refractivity contribution is 0.728.